The minimum Gasteiger partial charge on any atom is -0.289 e. The molecule has 0 fully saturated rings. The molecule has 7 heteroatoms. The molecule has 0 bridgehead atoms. The molecule has 0 amide bonds. The fraction of sp³-hybridized carbons (Fsp3) is 0.111. The third-order valence-corrected chi connectivity index (χ3v) is 3.89. The summed E-state index contributed by atoms with van der Waals surface area (Å²) in [5.74, 6) is -0.770. The summed E-state index contributed by atoms with van der Waals surface area (Å²) in [6, 6.07) is 9.27. The predicted molar refractivity (Wildman–Crippen MR) is 83.8 cm³/mol. The molecular formula is C18H10F3NO3. The summed E-state index contributed by atoms with van der Waals surface area (Å²) in [6.07, 6.45) is -3.75. The number of Topliss-reactive ketones (excluding diaryl/α,β-unsaturated/α-hetero) is 1. The standard InChI is InChI=1S/C18H10F3NO3/c19-18(20,21)14-8-10(5-6-15(14)22-25)7-11-9-16(23)12-3-1-2-4-13(12)17(11)24/h1-6,8-9H,7H2. The smallest absolute Gasteiger partial charge is 0.289 e. The van der Waals surface area contributed by atoms with E-state index in [0.29, 0.717) is 0 Å². The van der Waals surface area contributed by atoms with Crippen molar-refractivity contribution in [1.82, 2.24) is 0 Å². The third kappa shape index (κ3) is 3.13. The Balaban J connectivity index is 1.97. The van der Waals surface area contributed by atoms with Crippen LogP contribution in [0.15, 0.2) is 59.3 Å². The first-order chi connectivity index (χ1) is 11.8. The molecule has 1 aliphatic carbocycles. The van der Waals surface area contributed by atoms with Crippen molar-refractivity contribution in [3.8, 4) is 0 Å². The van der Waals surface area contributed by atoms with Gasteiger partial charge in [0.15, 0.2) is 11.6 Å². The summed E-state index contributed by atoms with van der Waals surface area (Å²) in [4.78, 5) is 35.1. The van der Waals surface area contributed by atoms with E-state index in [1.54, 1.807) is 12.1 Å². The number of ketones is 2. The lowest BCUT2D eigenvalue weighted by molar-refractivity contribution is -0.137. The highest BCUT2D eigenvalue weighted by Crippen LogP contribution is 2.37. The molecule has 0 radical (unpaired) electrons. The van der Waals surface area contributed by atoms with E-state index in [4.69, 9.17) is 0 Å². The van der Waals surface area contributed by atoms with Crippen LogP contribution in [-0.4, -0.2) is 11.6 Å². The van der Waals surface area contributed by atoms with Crippen molar-refractivity contribution in [2.75, 3.05) is 0 Å². The van der Waals surface area contributed by atoms with E-state index in [0.717, 1.165) is 18.2 Å². The number of benzene rings is 2. The zero-order valence-electron chi connectivity index (χ0n) is 12.6. The average Bonchev–Trinajstić information content (AvgIpc) is 2.58. The number of fused-ring (bicyclic) bond motifs is 1. The quantitative estimate of drug-likeness (QED) is 0.761. The van der Waals surface area contributed by atoms with Gasteiger partial charge in [0.1, 0.15) is 5.69 Å². The molecule has 25 heavy (non-hydrogen) atoms. The third-order valence-electron chi connectivity index (χ3n) is 3.89. The lowest BCUT2D eigenvalue weighted by Crippen LogP contribution is -2.18. The molecule has 0 unspecified atom stereocenters. The molecule has 0 saturated carbocycles. The maximum atomic E-state index is 13.0. The van der Waals surface area contributed by atoms with Crippen LogP contribution in [0.2, 0.25) is 0 Å². The zero-order valence-corrected chi connectivity index (χ0v) is 12.6. The summed E-state index contributed by atoms with van der Waals surface area (Å²) in [7, 11) is 0. The maximum Gasteiger partial charge on any atom is 0.418 e. The maximum absolute atomic E-state index is 13.0. The molecule has 0 aliphatic heterocycles. The van der Waals surface area contributed by atoms with Crippen molar-refractivity contribution in [2.24, 2.45) is 5.18 Å². The van der Waals surface area contributed by atoms with E-state index in [1.165, 1.54) is 18.2 Å². The predicted octanol–water partition coefficient (Wildman–Crippen LogP) is 4.65. The first kappa shape index (κ1) is 16.8. The number of hydrogen-bond donors (Lipinski definition) is 0. The van der Waals surface area contributed by atoms with Gasteiger partial charge < -0.3 is 0 Å². The van der Waals surface area contributed by atoms with Gasteiger partial charge in [0, 0.05) is 23.1 Å². The van der Waals surface area contributed by atoms with Crippen molar-refractivity contribution in [3.63, 3.8) is 0 Å². The number of carbonyl (C=O) groups excluding carboxylic acids is 2. The lowest BCUT2D eigenvalue weighted by atomic mass is 9.86. The summed E-state index contributed by atoms with van der Waals surface area (Å²) in [6.45, 7) is 0. The van der Waals surface area contributed by atoms with Gasteiger partial charge in [0.25, 0.3) is 0 Å². The molecular weight excluding hydrogens is 335 g/mol. The van der Waals surface area contributed by atoms with Gasteiger partial charge in [-0.25, -0.2) is 0 Å². The van der Waals surface area contributed by atoms with E-state index in [9.17, 15) is 27.7 Å². The molecule has 1 aliphatic rings. The number of nitrogens with zero attached hydrogens (tertiary/aromatic N) is 1. The largest absolute Gasteiger partial charge is 0.418 e. The molecule has 126 valence electrons. The lowest BCUT2D eigenvalue weighted by Gasteiger charge is -2.16. The normalized spacial score (nSPS) is 14.1. The minimum atomic E-state index is -4.74. The van der Waals surface area contributed by atoms with Gasteiger partial charge in [-0.05, 0) is 28.9 Å². The van der Waals surface area contributed by atoms with E-state index in [2.05, 4.69) is 5.18 Å². The molecule has 0 heterocycles. The van der Waals surface area contributed by atoms with Crippen LogP contribution in [0.5, 0.6) is 0 Å². The Bertz CT molecular complexity index is 929. The van der Waals surface area contributed by atoms with Gasteiger partial charge in [-0.1, -0.05) is 30.3 Å². The zero-order chi connectivity index (χ0) is 18.2. The summed E-state index contributed by atoms with van der Waals surface area (Å²) in [5, 5.41) is 2.38. The first-order valence-corrected chi connectivity index (χ1v) is 7.23. The molecule has 0 atom stereocenters. The van der Waals surface area contributed by atoms with Crippen LogP contribution < -0.4 is 0 Å². The summed E-state index contributed by atoms with van der Waals surface area (Å²) in [5.41, 5.74) is -1.13. The van der Waals surface area contributed by atoms with E-state index < -0.39 is 23.2 Å². The van der Waals surface area contributed by atoms with Gasteiger partial charge in [0.2, 0.25) is 0 Å². The van der Waals surface area contributed by atoms with E-state index in [-0.39, 0.29) is 34.5 Å². The van der Waals surface area contributed by atoms with E-state index in [1.807, 2.05) is 0 Å². The van der Waals surface area contributed by atoms with Crippen molar-refractivity contribution < 1.29 is 22.8 Å². The van der Waals surface area contributed by atoms with Crippen molar-refractivity contribution in [2.45, 2.75) is 12.6 Å². The Morgan fingerprint density at radius 1 is 0.960 bits per heavy atom. The summed E-state index contributed by atoms with van der Waals surface area (Å²) < 4.78 is 39.0. The molecule has 2 aromatic carbocycles. The SMILES string of the molecule is O=Nc1ccc(CC2=CC(=O)c3ccccc3C2=O)cc1C(F)(F)F. The second-order valence-electron chi connectivity index (χ2n) is 5.53. The van der Waals surface area contributed by atoms with Crippen molar-refractivity contribution >= 4 is 17.3 Å². The molecule has 0 N–H and O–H groups in total. The first-order valence-electron chi connectivity index (χ1n) is 7.23. The monoisotopic (exact) mass is 345 g/mol. The number of allylic oxidation sites excluding steroid dienone is 2. The second kappa shape index (κ2) is 6.08. The minimum absolute atomic E-state index is 0.101. The van der Waals surface area contributed by atoms with Crippen LogP contribution in [0.4, 0.5) is 18.9 Å². The Morgan fingerprint density at radius 3 is 2.28 bits per heavy atom. The van der Waals surface area contributed by atoms with Crippen molar-refractivity contribution in [1.29, 1.82) is 0 Å². The number of alkyl halides is 3. The van der Waals surface area contributed by atoms with E-state index >= 15 is 0 Å². The fourth-order valence-electron chi connectivity index (χ4n) is 2.72. The van der Waals surface area contributed by atoms with Crippen LogP contribution in [0.25, 0.3) is 0 Å². The Hall–Kier alpha value is -3.09. The molecule has 0 aromatic heterocycles. The van der Waals surface area contributed by atoms with Crippen LogP contribution in [0.3, 0.4) is 0 Å². The average molecular weight is 345 g/mol. The van der Waals surface area contributed by atoms with Gasteiger partial charge in [-0.15, -0.1) is 4.91 Å². The second-order valence-corrected chi connectivity index (χ2v) is 5.53. The van der Waals surface area contributed by atoms with Crippen LogP contribution >= 0.6 is 0 Å². The highest BCUT2D eigenvalue weighted by molar-refractivity contribution is 6.24. The highest BCUT2D eigenvalue weighted by atomic mass is 19.4. The van der Waals surface area contributed by atoms with Gasteiger partial charge in [-0.2, -0.15) is 13.2 Å². The van der Waals surface area contributed by atoms with Crippen LogP contribution in [0.1, 0.15) is 31.8 Å². The number of halogens is 3. The number of rotatable bonds is 3. The number of nitroso groups, excluding NO2 is 1. The Morgan fingerprint density at radius 2 is 1.64 bits per heavy atom. The van der Waals surface area contributed by atoms with Crippen LogP contribution in [0, 0.1) is 4.91 Å². The molecule has 4 nitrogen and oxygen atoms in total. The molecule has 0 spiro atoms. The number of hydrogen-bond acceptors (Lipinski definition) is 4. The van der Waals surface area contributed by atoms with Crippen LogP contribution in [-0.2, 0) is 12.6 Å². The molecule has 0 saturated heterocycles. The topological polar surface area (TPSA) is 63.6 Å². The number of carbonyl (C=O) groups is 2. The summed E-state index contributed by atoms with van der Waals surface area (Å²) >= 11 is 0. The van der Waals surface area contributed by atoms with Gasteiger partial charge in [-0.3, -0.25) is 9.59 Å². The Kier molecular flexibility index (Phi) is 4.08. The molecule has 3 rings (SSSR count). The van der Waals surface area contributed by atoms with Crippen molar-refractivity contribution in [3.05, 3.63) is 81.3 Å². The van der Waals surface area contributed by atoms with Gasteiger partial charge >= 0.3 is 6.18 Å². The highest BCUT2D eigenvalue weighted by Gasteiger charge is 2.34. The molecule has 2 aromatic rings. The fourth-order valence-corrected chi connectivity index (χ4v) is 2.72. The van der Waals surface area contributed by atoms with Gasteiger partial charge in [0.05, 0.1) is 5.56 Å². The Labute approximate surface area is 139 Å².